The van der Waals surface area contributed by atoms with Crippen LogP contribution in [-0.2, 0) is 0 Å². The Kier molecular flexibility index (Phi) is 4.74. The van der Waals surface area contributed by atoms with Gasteiger partial charge in [0.15, 0.2) is 0 Å². The van der Waals surface area contributed by atoms with E-state index in [0.29, 0.717) is 16.5 Å². The van der Waals surface area contributed by atoms with Crippen molar-refractivity contribution in [3.63, 3.8) is 0 Å². The number of carboxylic acid groups (broad SMARTS) is 1. The molecule has 21 heavy (non-hydrogen) atoms. The van der Waals surface area contributed by atoms with Crippen molar-refractivity contribution in [3.05, 3.63) is 29.8 Å². The van der Waals surface area contributed by atoms with E-state index >= 15 is 0 Å². The zero-order chi connectivity index (χ0) is 15.4. The number of hydrogen-bond donors (Lipinski definition) is 2. The van der Waals surface area contributed by atoms with Crippen molar-refractivity contribution >= 4 is 23.5 Å². The van der Waals surface area contributed by atoms with Crippen molar-refractivity contribution in [2.24, 2.45) is 0 Å². The van der Waals surface area contributed by atoms with Gasteiger partial charge >= 0.3 is 5.97 Å². The van der Waals surface area contributed by atoms with Gasteiger partial charge in [-0.05, 0) is 24.3 Å². The minimum Gasteiger partial charge on any atom is -0.497 e. The Balaban J connectivity index is 2.50. The number of benzene rings is 1. The number of nitrogens with zero attached hydrogens (tertiary/aromatic N) is 2. The number of rotatable bonds is 6. The summed E-state index contributed by atoms with van der Waals surface area (Å²) in [4.78, 5) is 11.4. The highest BCUT2D eigenvalue weighted by Gasteiger charge is 2.22. The van der Waals surface area contributed by atoms with Crippen molar-refractivity contribution in [1.82, 2.24) is 9.78 Å². The Morgan fingerprint density at radius 1 is 1.52 bits per heavy atom. The Labute approximate surface area is 126 Å². The van der Waals surface area contributed by atoms with E-state index in [1.807, 2.05) is 6.92 Å². The summed E-state index contributed by atoms with van der Waals surface area (Å²) in [6, 6.07) is 7.15. The molecule has 0 atom stereocenters. The summed E-state index contributed by atoms with van der Waals surface area (Å²) >= 11 is 1.39. The predicted octanol–water partition coefficient (Wildman–Crippen LogP) is 2.66. The maximum absolute atomic E-state index is 11.4. The first-order valence-corrected chi connectivity index (χ1v) is 7.46. The second kappa shape index (κ2) is 6.53. The molecular formula is C14H17N3O3S. The Morgan fingerprint density at radius 2 is 2.29 bits per heavy atom. The van der Waals surface area contributed by atoms with Gasteiger partial charge in [-0.3, -0.25) is 0 Å². The lowest BCUT2D eigenvalue weighted by Gasteiger charge is -2.06. The van der Waals surface area contributed by atoms with Gasteiger partial charge in [-0.25, -0.2) is 9.48 Å². The molecule has 2 rings (SSSR count). The first-order chi connectivity index (χ1) is 10.1. The van der Waals surface area contributed by atoms with Gasteiger partial charge in [0.05, 0.1) is 12.8 Å². The molecule has 112 valence electrons. The van der Waals surface area contributed by atoms with E-state index in [1.54, 1.807) is 31.4 Å². The lowest BCUT2D eigenvalue weighted by atomic mass is 10.3. The third-order valence-corrected chi connectivity index (χ3v) is 4.02. The minimum absolute atomic E-state index is 0.0521. The molecule has 0 bridgehead atoms. The van der Waals surface area contributed by atoms with Crippen LogP contribution in [0.25, 0.3) is 5.69 Å². The maximum Gasteiger partial charge on any atom is 0.342 e. The van der Waals surface area contributed by atoms with E-state index in [9.17, 15) is 9.90 Å². The quantitative estimate of drug-likeness (QED) is 0.797. The molecule has 0 saturated heterocycles. The molecule has 1 heterocycles. The average Bonchev–Trinajstić information content (AvgIpc) is 2.82. The number of nitrogen functional groups attached to an aromatic ring is 1. The van der Waals surface area contributed by atoms with Crippen molar-refractivity contribution in [2.45, 2.75) is 18.4 Å². The summed E-state index contributed by atoms with van der Waals surface area (Å²) in [5.74, 6) is 0.492. The van der Waals surface area contributed by atoms with E-state index < -0.39 is 5.97 Å². The number of carboxylic acids is 1. The van der Waals surface area contributed by atoms with Crippen LogP contribution < -0.4 is 10.5 Å². The van der Waals surface area contributed by atoms with Gasteiger partial charge in [-0.2, -0.15) is 5.10 Å². The topological polar surface area (TPSA) is 90.4 Å². The first kappa shape index (κ1) is 15.2. The van der Waals surface area contributed by atoms with Crippen LogP contribution >= 0.6 is 11.8 Å². The van der Waals surface area contributed by atoms with Crippen molar-refractivity contribution < 1.29 is 14.6 Å². The molecule has 0 fully saturated rings. The number of methoxy groups -OCH3 is 1. The SMILES string of the molecule is CCCSc1nn(-c2cccc(OC)c2)c(N)c1C(=O)O. The number of ether oxygens (including phenoxy) is 1. The van der Waals surface area contributed by atoms with Crippen LogP contribution in [0.2, 0.25) is 0 Å². The van der Waals surface area contributed by atoms with Crippen LogP contribution in [0.5, 0.6) is 5.75 Å². The normalized spacial score (nSPS) is 10.6. The van der Waals surface area contributed by atoms with E-state index in [1.165, 1.54) is 16.4 Å². The zero-order valence-corrected chi connectivity index (χ0v) is 12.7. The molecule has 2 aromatic rings. The van der Waals surface area contributed by atoms with Crippen LogP contribution in [0.3, 0.4) is 0 Å². The zero-order valence-electron chi connectivity index (χ0n) is 11.9. The molecule has 7 heteroatoms. The smallest absolute Gasteiger partial charge is 0.342 e. The van der Waals surface area contributed by atoms with Crippen molar-refractivity contribution in [2.75, 3.05) is 18.6 Å². The number of carbonyl (C=O) groups is 1. The maximum atomic E-state index is 11.4. The average molecular weight is 307 g/mol. The summed E-state index contributed by atoms with van der Waals surface area (Å²) in [5.41, 5.74) is 6.68. The molecule has 0 radical (unpaired) electrons. The second-order valence-corrected chi connectivity index (χ2v) is 5.42. The monoisotopic (exact) mass is 307 g/mol. The third kappa shape index (κ3) is 3.13. The Morgan fingerprint density at radius 3 is 2.90 bits per heavy atom. The fourth-order valence-electron chi connectivity index (χ4n) is 1.85. The molecule has 1 aromatic carbocycles. The molecule has 1 aromatic heterocycles. The Bertz CT molecular complexity index is 655. The van der Waals surface area contributed by atoms with Gasteiger partial charge in [0.2, 0.25) is 0 Å². The molecule has 0 unspecified atom stereocenters. The van der Waals surface area contributed by atoms with Gasteiger partial charge < -0.3 is 15.6 Å². The highest BCUT2D eigenvalue weighted by atomic mass is 32.2. The van der Waals surface area contributed by atoms with Crippen LogP contribution in [0.1, 0.15) is 23.7 Å². The predicted molar refractivity (Wildman–Crippen MR) is 82.5 cm³/mol. The van der Waals surface area contributed by atoms with Gasteiger partial charge in [-0.1, -0.05) is 13.0 Å². The molecule has 0 spiro atoms. The third-order valence-electron chi connectivity index (χ3n) is 2.84. The molecule has 0 aliphatic carbocycles. The summed E-state index contributed by atoms with van der Waals surface area (Å²) < 4.78 is 6.60. The van der Waals surface area contributed by atoms with Gasteiger partial charge in [0.1, 0.15) is 22.2 Å². The second-order valence-electron chi connectivity index (χ2n) is 4.33. The molecule has 6 nitrogen and oxygen atoms in total. The van der Waals surface area contributed by atoms with Crippen LogP contribution in [0.15, 0.2) is 29.3 Å². The minimum atomic E-state index is -1.07. The highest BCUT2D eigenvalue weighted by Crippen LogP contribution is 2.29. The number of nitrogens with two attached hydrogens (primary N) is 1. The number of aromatic carboxylic acids is 1. The number of aromatic nitrogens is 2. The summed E-state index contributed by atoms with van der Waals surface area (Å²) in [5, 5.41) is 14.1. The molecule has 0 saturated carbocycles. The largest absolute Gasteiger partial charge is 0.497 e. The summed E-state index contributed by atoms with van der Waals surface area (Å²) in [7, 11) is 1.57. The van der Waals surface area contributed by atoms with E-state index in [0.717, 1.165) is 12.2 Å². The van der Waals surface area contributed by atoms with Crippen LogP contribution in [-0.4, -0.2) is 33.7 Å². The molecule has 0 aliphatic heterocycles. The lowest BCUT2D eigenvalue weighted by Crippen LogP contribution is -2.05. The fraction of sp³-hybridized carbons (Fsp3) is 0.286. The van der Waals surface area contributed by atoms with Gasteiger partial charge in [0, 0.05) is 6.07 Å². The van der Waals surface area contributed by atoms with E-state index in [-0.39, 0.29) is 11.4 Å². The molecular weight excluding hydrogens is 290 g/mol. The van der Waals surface area contributed by atoms with Crippen LogP contribution in [0, 0.1) is 0 Å². The van der Waals surface area contributed by atoms with Crippen molar-refractivity contribution in [3.8, 4) is 11.4 Å². The van der Waals surface area contributed by atoms with Gasteiger partial charge in [-0.15, -0.1) is 11.8 Å². The fourth-order valence-corrected chi connectivity index (χ4v) is 2.72. The molecule has 3 N–H and O–H groups in total. The summed E-state index contributed by atoms with van der Waals surface area (Å²) in [6.07, 6.45) is 0.926. The van der Waals surface area contributed by atoms with Gasteiger partial charge in [0.25, 0.3) is 0 Å². The lowest BCUT2D eigenvalue weighted by molar-refractivity contribution is 0.0694. The van der Waals surface area contributed by atoms with E-state index in [2.05, 4.69) is 5.10 Å². The van der Waals surface area contributed by atoms with Crippen LogP contribution in [0.4, 0.5) is 5.82 Å². The molecule has 0 amide bonds. The molecule has 0 aliphatic rings. The number of anilines is 1. The highest BCUT2D eigenvalue weighted by molar-refractivity contribution is 7.99. The van der Waals surface area contributed by atoms with Crippen molar-refractivity contribution in [1.29, 1.82) is 0 Å². The number of hydrogen-bond acceptors (Lipinski definition) is 5. The first-order valence-electron chi connectivity index (χ1n) is 6.47. The number of thioether (sulfide) groups is 1. The van der Waals surface area contributed by atoms with E-state index in [4.69, 9.17) is 10.5 Å². The standard InChI is InChI=1S/C14H17N3O3S/c1-3-7-21-13-11(14(18)19)12(15)17(16-13)9-5-4-6-10(8-9)20-2/h4-6,8H,3,7,15H2,1-2H3,(H,18,19). The Hall–Kier alpha value is -2.15. The summed E-state index contributed by atoms with van der Waals surface area (Å²) in [6.45, 7) is 2.02.